The molecule has 0 radical (unpaired) electrons. The lowest BCUT2D eigenvalue weighted by atomic mass is 9.98. The van der Waals surface area contributed by atoms with Gasteiger partial charge < -0.3 is 24.1 Å². The molecule has 2 aliphatic heterocycles. The molecular weight excluding hydrogens is 578 g/mol. The van der Waals surface area contributed by atoms with E-state index in [1.54, 1.807) is 37.4 Å². The number of aromatic nitrogens is 1. The molecule has 218 valence electrons. The largest absolute Gasteiger partial charge is 0.497 e. The number of carbonyl (C=O) groups is 3. The second-order valence-electron chi connectivity index (χ2n) is 9.25. The molecule has 3 heterocycles. The average Bonchev–Trinajstić information content (AvgIpc) is 3.50. The lowest BCUT2D eigenvalue weighted by molar-refractivity contribution is -0.153. The molecule has 5 rings (SSSR count). The van der Waals surface area contributed by atoms with Crippen LogP contribution in [0.15, 0.2) is 87.9 Å². The number of β-lactam (4-membered cyclic amide) rings is 1. The van der Waals surface area contributed by atoms with Gasteiger partial charge in [-0.3, -0.25) is 14.5 Å². The predicted molar refractivity (Wildman–Crippen MR) is 159 cm³/mol. The molecule has 2 aliphatic rings. The number of nitrogens with zero attached hydrogens (tertiary/aromatic N) is 2. The lowest BCUT2D eigenvalue weighted by Crippen LogP contribution is -2.70. The Morgan fingerprint density at radius 1 is 1.19 bits per heavy atom. The molecule has 12 heteroatoms. The first-order valence-corrected chi connectivity index (χ1v) is 15.2. The number of rotatable bonds is 12. The molecule has 1 saturated heterocycles. The summed E-state index contributed by atoms with van der Waals surface area (Å²) in [4.78, 5) is 42.0. The quantitative estimate of drug-likeness (QED) is 0.181. The number of methoxy groups -OCH3 is 1. The van der Waals surface area contributed by atoms with Crippen LogP contribution in [0.2, 0.25) is 0 Å². The van der Waals surface area contributed by atoms with Crippen LogP contribution < -0.4 is 14.8 Å². The molecule has 2 amide bonds. The second-order valence-corrected chi connectivity index (χ2v) is 11.4. The van der Waals surface area contributed by atoms with Gasteiger partial charge in [0.1, 0.15) is 29.5 Å². The SMILES string of the molecule is C=C(C1=C(C(=O)OCc2ccc(OC)cc2)N2C(=O)[C@@H](NC(=O)CSc3ccccc3)[C@H]2SC1)c1cc(OCC)no1. The summed E-state index contributed by atoms with van der Waals surface area (Å²) < 4.78 is 21.7. The summed E-state index contributed by atoms with van der Waals surface area (Å²) in [5.41, 5.74) is 1.68. The van der Waals surface area contributed by atoms with E-state index in [2.05, 4.69) is 17.1 Å². The average molecular weight is 608 g/mol. The minimum absolute atomic E-state index is 0.0143. The topological polar surface area (TPSA) is 120 Å². The van der Waals surface area contributed by atoms with Crippen molar-refractivity contribution in [3.05, 3.63) is 89.8 Å². The van der Waals surface area contributed by atoms with Crippen molar-refractivity contribution < 1.29 is 33.1 Å². The number of amides is 2. The summed E-state index contributed by atoms with van der Waals surface area (Å²) in [5, 5.41) is 6.24. The van der Waals surface area contributed by atoms with Gasteiger partial charge in [0.05, 0.1) is 19.5 Å². The van der Waals surface area contributed by atoms with Gasteiger partial charge in [0.2, 0.25) is 5.91 Å². The molecule has 3 aromatic rings. The van der Waals surface area contributed by atoms with Crippen molar-refractivity contribution in [1.29, 1.82) is 0 Å². The second kappa shape index (κ2) is 13.2. The molecule has 2 aromatic carbocycles. The fraction of sp³-hybridized carbons (Fsp3) is 0.267. The minimum Gasteiger partial charge on any atom is -0.497 e. The van der Waals surface area contributed by atoms with E-state index in [9.17, 15) is 14.4 Å². The van der Waals surface area contributed by atoms with Crippen LogP contribution in [0, 0.1) is 0 Å². The predicted octanol–water partition coefficient (Wildman–Crippen LogP) is 4.28. The van der Waals surface area contributed by atoms with Gasteiger partial charge in [-0.1, -0.05) is 36.9 Å². The van der Waals surface area contributed by atoms with Crippen LogP contribution in [0.4, 0.5) is 0 Å². The molecule has 42 heavy (non-hydrogen) atoms. The van der Waals surface area contributed by atoms with E-state index in [1.165, 1.54) is 28.4 Å². The number of nitrogens with one attached hydrogen (secondary N) is 1. The van der Waals surface area contributed by atoms with Gasteiger partial charge in [-0.25, -0.2) is 4.79 Å². The lowest BCUT2D eigenvalue weighted by Gasteiger charge is -2.49. The van der Waals surface area contributed by atoms with Gasteiger partial charge in [-0.05, 0) is 41.9 Å². The first-order chi connectivity index (χ1) is 20.4. The number of allylic oxidation sites excluding steroid dienone is 1. The van der Waals surface area contributed by atoms with Crippen LogP contribution in [0.25, 0.3) is 5.57 Å². The Hall–Kier alpha value is -4.16. The van der Waals surface area contributed by atoms with Crippen molar-refractivity contribution in [3.8, 4) is 11.6 Å². The molecule has 1 N–H and O–H groups in total. The first-order valence-electron chi connectivity index (χ1n) is 13.1. The maximum Gasteiger partial charge on any atom is 0.355 e. The molecule has 0 spiro atoms. The maximum absolute atomic E-state index is 13.6. The molecule has 1 aromatic heterocycles. The van der Waals surface area contributed by atoms with E-state index in [-0.39, 0.29) is 29.8 Å². The Morgan fingerprint density at radius 2 is 1.95 bits per heavy atom. The van der Waals surface area contributed by atoms with E-state index in [1.807, 2.05) is 37.3 Å². The van der Waals surface area contributed by atoms with Crippen LogP contribution in [-0.4, -0.2) is 64.5 Å². The zero-order valence-electron chi connectivity index (χ0n) is 23.0. The zero-order valence-corrected chi connectivity index (χ0v) is 24.7. The Morgan fingerprint density at radius 3 is 2.67 bits per heavy atom. The van der Waals surface area contributed by atoms with Gasteiger partial charge in [0, 0.05) is 27.9 Å². The number of benzene rings is 2. The number of carbonyl (C=O) groups excluding carboxylic acids is 3. The fourth-order valence-electron chi connectivity index (χ4n) is 4.42. The van der Waals surface area contributed by atoms with Crippen LogP contribution in [-0.2, 0) is 25.7 Å². The third-order valence-corrected chi connectivity index (χ3v) is 8.85. The summed E-state index contributed by atoms with van der Waals surface area (Å²) in [6.45, 7) is 6.34. The number of hydrogen-bond acceptors (Lipinski definition) is 10. The summed E-state index contributed by atoms with van der Waals surface area (Å²) >= 11 is 2.80. The smallest absolute Gasteiger partial charge is 0.355 e. The van der Waals surface area contributed by atoms with Gasteiger partial charge in [0.15, 0.2) is 5.76 Å². The van der Waals surface area contributed by atoms with Gasteiger partial charge in [-0.2, -0.15) is 0 Å². The normalized spacial score (nSPS) is 17.7. The van der Waals surface area contributed by atoms with Gasteiger partial charge in [0.25, 0.3) is 11.8 Å². The molecule has 0 aliphatic carbocycles. The van der Waals surface area contributed by atoms with Crippen LogP contribution >= 0.6 is 23.5 Å². The number of hydrogen-bond donors (Lipinski definition) is 1. The van der Waals surface area contributed by atoms with Gasteiger partial charge in [-0.15, -0.1) is 23.5 Å². The van der Waals surface area contributed by atoms with Crippen molar-refractivity contribution in [2.45, 2.75) is 29.8 Å². The van der Waals surface area contributed by atoms with Gasteiger partial charge >= 0.3 is 5.97 Å². The summed E-state index contributed by atoms with van der Waals surface area (Å²) in [6.07, 6.45) is 0. The van der Waals surface area contributed by atoms with E-state index < -0.39 is 23.3 Å². The first kappa shape index (κ1) is 29.3. The van der Waals surface area contributed by atoms with Crippen molar-refractivity contribution in [3.63, 3.8) is 0 Å². The Bertz CT molecular complexity index is 1500. The molecule has 10 nitrogen and oxygen atoms in total. The van der Waals surface area contributed by atoms with Crippen LogP contribution in [0.3, 0.4) is 0 Å². The molecule has 0 saturated carbocycles. The maximum atomic E-state index is 13.6. The molecule has 0 bridgehead atoms. The summed E-state index contributed by atoms with van der Waals surface area (Å²) in [6, 6.07) is 17.5. The highest BCUT2D eigenvalue weighted by molar-refractivity contribution is 8.00. The Balaban J connectivity index is 1.34. The number of thioether (sulfide) groups is 2. The summed E-state index contributed by atoms with van der Waals surface area (Å²) in [5.74, 6) is 0.408. The number of esters is 1. The van der Waals surface area contributed by atoms with Crippen molar-refractivity contribution in [1.82, 2.24) is 15.4 Å². The Labute approximate surface area is 251 Å². The fourth-order valence-corrected chi connectivity index (χ4v) is 6.54. The zero-order chi connectivity index (χ0) is 29.6. The molecular formula is C30H29N3O7S2. The highest BCUT2D eigenvalue weighted by Crippen LogP contribution is 2.44. The molecule has 2 atom stereocenters. The van der Waals surface area contributed by atoms with E-state index >= 15 is 0 Å². The standard InChI is InChI=1S/C30H29N3O7S2/c1-4-38-25-14-23(40-32-25)18(2)22-16-42-29-26(31-24(34)17-41-21-8-6-5-7-9-21)28(35)33(29)27(22)30(36)39-15-19-10-12-20(37-3)13-11-19/h5-14,26,29H,2,4,15-17H2,1,3H3,(H,31,34)/t26-,29-/m1/s1. The van der Waals surface area contributed by atoms with E-state index in [0.717, 1.165) is 10.5 Å². The third kappa shape index (κ3) is 6.34. The monoisotopic (exact) mass is 607 g/mol. The third-order valence-electron chi connectivity index (χ3n) is 6.56. The van der Waals surface area contributed by atoms with E-state index in [4.69, 9.17) is 18.7 Å². The minimum atomic E-state index is -0.770. The highest BCUT2D eigenvalue weighted by Gasteiger charge is 2.54. The van der Waals surface area contributed by atoms with Crippen molar-refractivity contribution in [2.75, 3.05) is 25.2 Å². The molecule has 1 fully saturated rings. The van der Waals surface area contributed by atoms with Crippen LogP contribution in [0.1, 0.15) is 18.2 Å². The highest BCUT2D eigenvalue weighted by atomic mass is 32.2. The summed E-state index contributed by atoms with van der Waals surface area (Å²) in [7, 11) is 1.57. The van der Waals surface area contributed by atoms with Crippen molar-refractivity contribution >= 4 is 46.9 Å². The van der Waals surface area contributed by atoms with Crippen LogP contribution in [0.5, 0.6) is 11.6 Å². The number of ether oxygens (including phenoxy) is 3. The van der Waals surface area contributed by atoms with E-state index in [0.29, 0.717) is 35.0 Å². The molecule has 0 unspecified atom stereocenters. The number of fused-ring (bicyclic) bond motifs is 1. The Kier molecular flexibility index (Phi) is 9.23. The van der Waals surface area contributed by atoms with Crippen molar-refractivity contribution in [2.24, 2.45) is 0 Å².